The summed E-state index contributed by atoms with van der Waals surface area (Å²) in [4.78, 5) is 40.9. The fraction of sp³-hybridized carbons (Fsp3) is 0.333. The molecule has 0 radical (unpaired) electrons. The number of fused-ring (bicyclic) bond motifs is 1. The van der Waals surface area contributed by atoms with E-state index in [0.29, 0.717) is 59.2 Å². The van der Waals surface area contributed by atoms with E-state index in [2.05, 4.69) is 15.4 Å². The first-order chi connectivity index (χ1) is 19.4. The first-order valence-electron chi connectivity index (χ1n) is 12.8. The Kier molecular flexibility index (Phi) is 8.94. The number of ether oxygens (including phenoxy) is 3. The molecule has 0 saturated heterocycles. The lowest BCUT2D eigenvalue weighted by Crippen LogP contribution is -2.28. The Morgan fingerprint density at radius 1 is 1.05 bits per heavy atom. The number of carbonyl (C=O) groups excluding carboxylic acids is 1. The molecule has 0 spiro atoms. The van der Waals surface area contributed by atoms with Gasteiger partial charge in [-0.15, -0.1) is 0 Å². The van der Waals surface area contributed by atoms with E-state index in [1.165, 1.54) is 33.9 Å². The Bertz CT molecular complexity index is 1550. The highest BCUT2D eigenvalue weighted by molar-refractivity contribution is 5.95. The number of rotatable bonds is 13. The average Bonchev–Trinajstić information content (AvgIpc) is 3.36. The van der Waals surface area contributed by atoms with Crippen molar-refractivity contribution in [2.24, 2.45) is 0 Å². The number of carbonyl (C=O) groups is 1. The van der Waals surface area contributed by atoms with E-state index in [1.807, 2.05) is 20.8 Å². The quantitative estimate of drug-likeness (QED) is 0.195. The molecule has 2 aromatic heterocycles. The maximum Gasteiger partial charge on any atom is 0.269 e. The first-order valence-corrected chi connectivity index (χ1v) is 12.8. The summed E-state index contributed by atoms with van der Waals surface area (Å²) in [6.07, 6.45) is 2.80. The van der Waals surface area contributed by atoms with Crippen LogP contribution in [-0.4, -0.2) is 56.5 Å². The zero-order chi connectivity index (χ0) is 28.6. The largest absolute Gasteiger partial charge is 0.490 e. The minimum absolute atomic E-state index is 0.0529. The number of hydrogen-bond donors (Lipinski definition) is 1. The van der Waals surface area contributed by atoms with Crippen LogP contribution in [0.1, 0.15) is 36.7 Å². The highest BCUT2D eigenvalue weighted by atomic mass is 16.6. The molecule has 4 rings (SSSR count). The summed E-state index contributed by atoms with van der Waals surface area (Å²) < 4.78 is 20.0. The van der Waals surface area contributed by atoms with E-state index in [9.17, 15) is 19.7 Å². The fourth-order valence-electron chi connectivity index (χ4n) is 4.14. The molecular formula is C27H30N6O7. The van der Waals surface area contributed by atoms with Gasteiger partial charge in [0.15, 0.2) is 17.1 Å². The molecule has 0 fully saturated rings. The number of nitro groups is 1. The maximum absolute atomic E-state index is 13.0. The van der Waals surface area contributed by atoms with Gasteiger partial charge in [-0.05, 0) is 38.5 Å². The number of nitro benzene ring substituents is 1. The van der Waals surface area contributed by atoms with Crippen molar-refractivity contribution in [1.82, 2.24) is 24.6 Å². The number of non-ortho nitro benzene ring substituents is 1. The SMILES string of the molecule is CCOc1cc(C(=O)NCCn2ncc3c(=O)n(Cc4cccc([N+](=O)[O-])c4)cnc32)cc(OCC)c1OCC. The summed E-state index contributed by atoms with van der Waals surface area (Å²) >= 11 is 0. The van der Waals surface area contributed by atoms with Crippen molar-refractivity contribution in [2.45, 2.75) is 33.9 Å². The smallest absolute Gasteiger partial charge is 0.269 e. The van der Waals surface area contributed by atoms with Crippen molar-refractivity contribution in [2.75, 3.05) is 26.4 Å². The number of nitrogens with zero attached hydrogens (tertiary/aromatic N) is 5. The number of amides is 1. The Hall–Kier alpha value is -4.94. The Balaban J connectivity index is 1.47. The predicted molar refractivity (Wildman–Crippen MR) is 146 cm³/mol. The predicted octanol–water partition coefficient (Wildman–Crippen LogP) is 3.18. The zero-order valence-electron chi connectivity index (χ0n) is 22.5. The Morgan fingerprint density at radius 3 is 2.40 bits per heavy atom. The Labute approximate surface area is 229 Å². The van der Waals surface area contributed by atoms with Gasteiger partial charge in [-0.25, -0.2) is 9.67 Å². The van der Waals surface area contributed by atoms with Gasteiger partial charge in [0.2, 0.25) is 5.75 Å². The van der Waals surface area contributed by atoms with Gasteiger partial charge in [0.05, 0.1) is 44.0 Å². The van der Waals surface area contributed by atoms with Gasteiger partial charge < -0.3 is 19.5 Å². The summed E-state index contributed by atoms with van der Waals surface area (Å²) in [5.74, 6) is 0.954. The standard InChI is InChI=1S/C27H30N6O7/c1-4-38-22-13-19(14-23(39-5-2)24(22)40-6-3)26(34)28-10-11-32-25-21(15-30-32)27(35)31(17-29-25)16-18-8-7-9-20(12-18)33(36)37/h7-9,12-15,17H,4-6,10-11,16H2,1-3H3,(H,28,34). The maximum atomic E-state index is 13.0. The van der Waals surface area contributed by atoms with Crippen LogP contribution >= 0.6 is 0 Å². The minimum atomic E-state index is -0.484. The van der Waals surface area contributed by atoms with Crippen LogP contribution in [0.25, 0.3) is 11.0 Å². The molecule has 0 atom stereocenters. The summed E-state index contributed by atoms with van der Waals surface area (Å²) in [6.45, 7) is 7.34. The van der Waals surface area contributed by atoms with E-state index in [1.54, 1.807) is 24.3 Å². The molecule has 0 unspecified atom stereocenters. The molecule has 0 bridgehead atoms. The molecule has 2 aromatic carbocycles. The van der Waals surface area contributed by atoms with Crippen molar-refractivity contribution in [1.29, 1.82) is 0 Å². The van der Waals surface area contributed by atoms with Gasteiger partial charge in [-0.1, -0.05) is 12.1 Å². The van der Waals surface area contributed by atoms with Gasteiger partial charge in [0.1, 0.15) is 11.7 Å². The molecule has 0 aliphatic rings. The average molecular weight is 551 g/mol. The van der Waals surface area contributed by atoms with E-state index in [4.69, 9.17) is 14.2 Å². The van der Waals surface area contributed by atoms with Crippen LogP contribution in [0, 0.1) is 10.1 Å². The molecular weight excluding hydrogens is 520 g/mol. The van der Waals surface area contributed by atoms with Gasteiger partial charge in [-0.2, -0.15) is 5.10 Å². The van der Waals surface area contributed by atoms with Crippen molar-refractivity contribution >= 4 is 22.6 Å². The van der Waals surface area contributed by atoms with Gasteiger partial charge in [0.25, 0.3) is 17.2 Å². The van der Waals surface area contributed by atoms with Crippen LogP contribution in [0.15, 0.2) is 53.7 Å². The number of nitrogens with one attached hydrogen (secondary N) is 1. The van der Waals surface area contributed by atoms with Gasteiger partial charge in [0, 0.05) is 24.2 Å². The molecule has 13 heteroatoms. The van der Waals surface area contributed by atoms with Crippen LogP contribution in [0.3, 0.4) is 0 Å². The van der Waals surface area contributed by atoms with Crippen LogP contribution in [0.4, 0.5) is 5.69 Å². The van der Waals surface area contributed by atoms with E-state index < -0.39 is 4.92 Å². The number of aromatic nitrogens is 4. The summed E-state index contributed by atoms with van der Waals surface area (Å²) in [5.41, 5.74) is 0.938. The lowest BCUT2D eigenvalue weighted by Gasteiger charge is -2.17. The van der Waals surface area contributed by atoms with Crippen LogP contribution in [-0.2, 0) is 13.1 Å². The highest BCUT2D eigenvalue weighted by Gasteiger charge is 2.19. The second-order valence-corrected chi connectivity index (χ2v) is 8.57. The van der Waals surface area contributed by atoms with Crippen LogP contribution in [0.5, 0.6) is 17.2 Å². The molecule has 4 aromatic rings. The molecule has 1 N–H and O–H groups in total. The van der Waals surface area contributed by atoms with E-state index in [-0.39, 0.29) is 36.8 Å². The lowest BCUT2D eigenvalue weighted by atomic mass is 10.1. The van der Waals surface area contributed by atoms with Crippen LogP contribution < -0.4 is 25.1 Å². The number of hydrogen-bond acceptors (Lipinski definition) is 9. The van der Waals surface area contributed by atoms with Crippen molar-refractivity contribution in [3.05, 3.63) is 80.5 Å². The first kappa shape index (κ1) is 28.1. The number of benzene rings is 2. The minimum Gasteiger partial charge on any atom is -0.490 e. The fourth-order valence-corrected chi connectivity index (χ4v) is 4.14. The topological polar surface area (TPSA) is 153 Å². The van der Waals surface area contributed by atoms with Crippen LogP contribution in [0.2, 0.25) is 0 Å². The summed E-state index contributed by atoms with van der Waals surface area (Å²) in [7, 11) is 0. The third-order valence-corrected chi connectivity index (χ3v) is 5.88. The molecule has 13 nitrogen and oxygen atoms in total. The third-order valence-electron chi connectivity index (χ3n) is 5.88. The summed E-state index contributed by atoms with van der Waals surface area (Å²) in [5, 5.41) is 18.5. The zero-order valence-corrected chi connectivity index (χ0v) is 22.5. The van der Waals surface area contributed by atoms with Gasteiger partial charge >= 0.3 is 0 Å². The molecule has 210 valence electrons. The van der Waals surface area contributed by atoms with Crippen molar-refractivity contribution in [3.63, 3.8) is 0 Å². The molecule has 1 amide bonds. The second-order valence-electron chi connectivity index (χ2n) is 8.57. The summed E-state index contributed by atoms with van der Waals surface area (Å²) in [6, 6.07) is 9.31. The molecule has 40 heavy (non-hydrogen) atoms. The van der Waals surface area contributed by atoms with Gasteiger partial charge in [-0.3, -0.25) is 24.3 Å². The molecule has 0 saturated carbocycles. The highest BCUT2D eigenvalue weighted by Crippen LogP contribution is 2.39. The Morgan fingerprint density at radius 2 is 1.75 bits per heavy atom. The molecule has 0 aliphatic carbocycles. The van der Waals surface area contributed by atoms with E-state index >= 15 is 0 Å². The van der Waals surface area contributed by atoms with E-state index in [0.717, 1.165) is 0 Å². The lowest BCUT2D eigenvalue weighted by molar-refractivity contribution is -0.384. The van der Waals surface area contributed by atoms with Crippen molar-refractivity contribution in [3.8, 4) is 17.2 Å². The third kappa shape index (κ3) is 6.20. The molecule has 2 heterocycles. The van der Waals surface area contributed by atoms with Crippen molar-refractivity contribution < 1.29 is 23.9 Å². The monoisotopic (exact) mass is 550 g/mol. The second kappa shape index (κ2) is 12.7. The normalized spacial score (nSPS) is 10.9. The molecule has 0 aliphatic heterocycles.